The van der Waals surface area contributed by atoms with Gasteiger partial charge in [-0.1, -0.05) is 85.3 Å². The van der Waals surface area contributed by atoms with Gasteiger partial charge in [0.15, 0.2) is 5.09 Å². The summed E-state index contributed by atoms with van der Waals surface area (Å²) in [4.78, 5) is 0. The zero-order valence-electron chi connectivity index (χ0n) is 15.7. The molecule has 0 saturated heterocycles. The van der Waals surface area contributed by atoms with E-state index in [1.807, 2.05) is 17.8 Å². The Balaban J connectivity index is 1.64. The van der Waals surface area contributed by atoms with E-state index in [1.54, 1.807) is 6.26 Å². The maximum Gasteiger partial charge on any atom is 0.253 e. The highest BCUT2D eigenvalue weighted by molar-refractivity contribution is 7.99. The van der Waals surface area contributed by atoms with E-state index < -0.39 is 8.32 Å². The van der Waals surface area contributed by atoms with Gasteiger partial charge in [-0.15, -0.1) is 0 Å². The van der Waals surface area contributed by atoms with Crippen LogP contribution in [0, 0.1) is 0 Å². The first kappa shape index (κ1) is 18.6. The fourth-order valence-electron chi connectivity index (χ4n) is 3.93. The van der Waals surface area contributed by atoms with Gasteiger partial charge >= 0.3 is 0 Å². The molecule has 0 unspecified atom stereocenters. The summed E-state index contributed by atoms with van der Waals surface area (Å²) >= 11 is 1.84. The summed E-state index contributed by atoms with van der Waals surface area (Å²) in [7, 11) is -2.28. The van der Waals surface area contributed by atoms with Crippen LogP contribution in [0.25, 0.3) is 0 Å². The number of benzene rings is 2. The van der Waals surface area contributed by atoms with Gasteiger partial charge in [-0.05, 0) is 41.9 Å². The summed E-state index contributed by atoms with van der Waals surface area (Å²) in [6.07, 6.45) is 6.84. The van der Waals surface area contributed by atoms with Crippen LogP contribution in [0.15, 0.2) is 88.6 Å². The molecule has 1 aliphatic carbocycles. The van der Waals surface area contributed by atoms with Crippen molar-refractivity contribution >= 4 is 30.5 Å². The van der Waals surface area contributed by atoms with Crippen molar-refractivity contribution in [1.29, 1.82) is 0 Å². The Morgan fingerprint density at radius 3 is 2.07 bits per heavy atom. The molecular formula is C23H26O2SSi. The highest BCUT2D eigenvalue weighted by atomic mass is 32.2. The van der Waals surface area contributed by atoms with Gasteiger partial charge in [-0.25, -0.2) is 0 Å². The minimum Gasteiger partial charge on any atom is -0.458 e. The molecule has 1 aliphatic rings. The molecule has 2 nitrogen and oxygen atoms in total. The third kappa shape index (κ3) is 4.23. The molecule has 4 heteroatoms. The molecule has 0 N–H and O–H groups in total. The number of rotatable bonds is 6. The summed E-state index contributed by atoms with van der Waals surface area (Å²) < 4.78 is 12.7. The second-order valence-electron chi connectivity index (χ2n) is 7.29. The van der Waals surface area contributed by atoms with Crippen LogP contribution in [-0.4, -0.2) is 19.7 Å². The predicted octanol–water partition coefficient (Wildman–Crippen LogP) is 5.09. The van der Waals surface area contributed by atoms with Gasteiger partial charge in [-0.3, -0.25) is 0 Å². The van der Waals surface area contributed by atoms with Crippen LogP contribution < -0.4 is 10.4 Å². The highest BCUT2D eigenvalue weighted by Gasteiger charge is 2.39. The molecule has 140 valence electrons. The van der Waals surface area contributed by atoms with Gasteiger partial charge in [0.1, 0.15) is 0 Å². The van der Waals surface area contributed by atoms with E-state index in [-0.39, 0.29) is 6.10 Å². The van der Waals surface area contributed by atoms with E-state index in [4.69, 9.17) is 8.84 Å². The summed E-state index contributed by atoms with van der Waals surface area (Å²) in [6.45, 7) is 2.35. The van der Waals surface area contributed by atoms with Crippen LogP contribution >= 0.6 is 11.8 Å². The molecule has 2 aromatic carbocycles. The summed E-state index contributed by atoms with van der Waals surface area (Å²) in [6, 6.07) is 25.6. The van der Waals surface area contributed by atoms with Crippen molar-refractivity contribution in [2.45, 2.75) is 48.7 Å². The molecule has 0 bridgehead atoms. The Labute approximate surface area is 167 Å². The minimum absolute atomic E-state index is 0.255. The first-order valence-corrected chi connectivity index (χ1v) is 13.0. The van der Waals surface area contributed by atoms with E-state index in [0.29, 0.717) is 5.25 Å². The molecule has 3 aromatic rings. The predicted molar refractivity (Wildman–Crippen MR) is 115 cm³/mol. The smallest absolute Gasteiger partial charge is 0.253 e. The van der Waals surface area contributed by atoms with Crippen molar-refractivity contribution in [2.75, 3.05) is 0 Å². The number of hydrogen-bond acceptors (Lipinski definition) is 3. The van der Waals surface area contributed by atoms with Crippen molar-refractivity contribution in [3.8, 4) is 0 Å². The molecule has 1 fully saturated rings. The largest absolute Gasteiger partial charge is 0.458 e. The molecule has 1 heterocycles. The van der Waals surface area contributed by atoms with E-state index in [0.717, 1.165) is 11.5 Å². The minimum atomic E-state index is -2.28. The van der Waals surface area contributed by atoms with Crippen molar-refractivity contribution in [1.82, 2.24) is 0 Å². The molecule has 1 saturated carbocycles. The van der Waals surface area contributed by atoms with E-state index in [2.05, 4.69) is 73.3 Å². The van der Waals surface area contributed by atoms with Crippen LogP contribution in [0.5, 0.6) is 0 Å². The van der Waals surface area contributed by atoms with Gasteiger partial charge in [0, 0.05) is 5.25 Å². The average molecular weight is 395 g/mol. The van der Waals surface area contributed by atoms with Crippen molar-refractivity contribution in [3.63, 3.8) is 0 Å². The monoisotopic (exact) mass is 394 g/mol. The Morgan fingerprint density at radius 1 is 0.852 bits per heavy atom. The molecule has 0 aliphatic heterocycles. The lowest BCUT2D eigenvalue weighted by atomic mass is 9.97. The SMILES string of the molecule is C[Si](O[C@H]1CCCC[C@@H]1Sc1ccco1)(c1ccccc1)c1ccccc1. The van der Waals surface area contributed by atoms with E-state index in [1.165, 1.54) is 29.6 Å². The second kappa shape index (κ2) is 8.51. The standard InChI is InChI=1S/C23H26O2SSi/c1-27(19-11-4-2-5-12-19,20-13-6-3-7-14-20)25-21-15-8-9-16-22(21)26-23-17-10-18-24-23/h2-7,10-14,17-18,21-22H,8-9,15-16H2,1H3/t21-,22-/m0/s1. The topological polar surface area (TPSA) is 22.4 Å². The van der Waals surface area contributed by atoms with Gasteiger partial charge in [-0.2, -0.15) is 0 Å². The maximum absolute atomic E-state index is 7.09. The second-order valence-corrected chi connectivity index (χ2v) is 12.0. The van der Waals surface area contributed by atoms with Crippen molar-refractivity contribution < 1.29 is 8.84 Å². The fourth-order valence-corrected chi connectivity index (χ4v) is 8.37. The third-order valence-electron chi connectivity index (χ3n) is 5.44. The van der Waals surface area contributed by atoms with Crippen LogP contribution in [0.4, 0.5) is 0 Å². The van der Waals surface area contributed by atoms with Gasteiger partial charge < -0.3 is 8.84 Å². The average Bonchev–Trinajstić information content (AvgIpc) is 3.24. The summed E-state index contributed by atoms with van der Waals surface area (Å²) in [5, 5.41) is 4.12. The zero-order chi connectivity index (χ0) is 18.5. The number of hydrogen-bond donors (Lipinski definition) is 0. The third-order valence-corrected chi connectivity index (χ3v) is 10.4. The molecule has 4 rings (SSSR count). The first-order chi connectivity index (χ1) is 13.3. The maximum atomic E-state index is 7.09. The molecule has 0 radical (unpaired) electrons. The van der Waals surface area contributed by atoms with Crippen molar-refractivity contribution in [3.05, 3.63) is 79.1 Å². The lowest BCUT2D eigenvalue weighted by Gasteiger charge is -2.38. The van der Waals surface area contributed by atoms with E-state index >= 15 is 0 Å². The Morgan fingerprint density at radius 2 is 1.48 bits per heavy atom. The quantitative estimate of drug-likeness (QED) is 0.544. The molecule has 0 amide bonds. The lowest BCUT2D eigenvalue weighted by molar-refractivity contribution is 0.159. The van der Waals surface area contributed by atoms with Crippen molar-refractivity contribution in [2.24, 2.45) is 0 Å². The normalized spacial score (nSPS) is 20.5. The molecule has 27 heavy (non-hydrogen) atoms. The van der Waals surface area contributed by atoms with Gasteiger partial charge in [0.25, 0.3) is 8.32 Å². The van der Waals surface area contributed by atoms with Gasteiger partial charge in [0.05, 0.1) is 12.4 Å². The summed E-state index contributed by atoms with van der Waals surface area (Å²) in [5.74, 6) is 0. The first-order valence-electron chi connectivity index (χ1n) is 9.75. The molecule has 2 atom stereocenters. The molecule has 1 aromatic heterocycles. The molecule has 0 spiro atoms. The highest BCUT2D eigenvalue weighted by Crippen LogP contribution is 2.36. The Bertz CT molecular complexity index is 781. The Hall–Kier alpha value is -1.75. The number of thioether (sulfide) groups is 1. The summed E-state index contributed by atoms with van der Waals surface area (Å²) in [5.41, 5.74) is 0. The van der Waals surface area contributed by atoms with Crippen LogP contribution in [0.2, 0.25) is 6.55 Å². The lowest BCUT2D eigenvalue weighted by Crippen LogP contribution is -2.61. The van der Waals surface area contributed by atoms with Gasteiger partial charge in [0.2, 0.25) is 0 Å². The van der Waals surface area contributed by atoms with Crippen LogP contribution in [0.3, 0.4) is 0 Å². The fraction of sp³-hybridized carbons (Fsp3) is 0.304. The zero-order valence-corrected chi connectivity index (χ0v) is 17.5. The van der Waals surface area contributed by atoms with Crippen LogP contribution in [0.1, 0.15) is 25.7 Å². The Kier molecular flexibility index (Phi) is 5.86. The van der Waals surface area contributed by atoms with Crippen LogP contribution in [-0.2, 0) is 4.43 Å². The molecular weight excluding hydrogens is 368 g/mol. The number of furan rings is 1. The van der Waals surface area contributed by atoms with E-state index in [9.17, 15) is 0 Å².